The van der Waals surface area contributed by atoms with E-state index in [1.54, 1.807) is 0 Å². The van der Waals surface area contributed by atoms with Crippen LogP contribution in [0.3, 0.4) is 0 Å². The quantitative estimate of drug-likeness (QED) is 0.543. The minimum Gasteiger partial charge on any atom is -0.508 e. The molecule has 0 amide bonds. The summed E-state index contributed by atoms with van der Waals surface area (Å²) in [6.07, 6.45) is 0.511. The van der Waals surface area contributed by atoms with E-state index in [1.807, 2.05) is 0 Å². The molecule has 1 aromatic carbocycles. The lowest BCUT2D eigenvalue weighted by atomic mass is 10.2. The molecular formula is C10H8ClFO. The van der Waals surface area contributed by atoms with Gasteiger partial charge in [0.2, 0.25) is 0 Å². The van der Waals surface area contributed by atoms with Crippen LogP contribution in [0.4, 0.5) is 4.39 Å². The number of phenolic OH excluding ortho intramolecular Hbond substituents is 1. The first kappa shape index (κ1) is 9.88. The second kappa shape index (κ2) is 4.74. The van der Waals surface area contributed by atoms with Gasteiger partial charge in [0.1, 0.15) is 11.6 Å². The molecule has 1 nitrogen and oxygen atoms in total. The maximum absolute atomic E-state index is 13.0. The van der Waals surface area contributed by atoms with Crippen LogP contribution in [0, 0.1) is 17.7 Å². The molecule has 1 rings (SSSR count). The fourth-order valence-electron chi connectivity index (χ4n) is 0.814. The number of rotatable bonds is 1. The largest absolute Gasteiger partial charge is 0.508 e. The highest BCUT2D eigenvalue weighted by Gasteiger charge is 1.98. The van der Waals surface area contributed by atoms with Crippen molar-refractivity contribution in [3.05, 3.63) is 29.6 Å². The summed E-state index contributed by atoms with van der Waals surface area (Å²) in [7, 11) is 0. The van der Waals surface area contributed by atoms with E-state index in [-0.39, 0.29) is 11.3 Å². The predicted molar refractivity (Wildman–Crippen MR) is 50.3 cm³/mol. The molecule has 0 aliphatic carbocycles. The standard InChI is InChI=1S/C10H8ClFO/c11-6-2-1-3-8-7-9(13)4-5-10(8)12/h4-5,7,13H,2,6H2. The summed E-state index contributed by atoms with van der Waals surface area (Å²) in [5, 5.41) is 9.03. The number of hydrogen-bond acceptors (Lipinski definition) is 1. The minimum absolute atomic E-state index is 0.0107. The molecule has 13 heavy (non-hydrogen) atoms. The van der Waals surface area contributed by atoms with E-state index in [0.29, 0.717) is 12.3 Å². The molecular weight excluding hydrogens is 191 g/mol. The molecule has 3 heteroatoms. The molecule has 0 radical (unpaired) electrons. The van der Waals surface area contributed by atoms with E-state index in [2.05, 4.69) is 11.8 Å². The third-order valence-corrected chi connectivity index (χ3v) is 1.58. The number of phenols is 1. The van der Waals surface area contributed by atoms with Crippen LogP contribution in [0.1, 0.15) is 12.0 Å². The summed E-state index contributed by atoms with van der Waals surface area (Å²) in [5.74, 6) is 5.28. The Labute approximate surface area is 81.2 Å². The Bertz CT molecular complexity index is 352. The molecule has 0 atom stereocenters. The lowest BCUT2D eigenvalue weighted by Gasteiger charge is -1.94. The monoisotopic (exact) mass is 198 g/mol. The van der Waals surface area contributed by atoms with Crippen molar-refractivity contribution >= 4 is 11.6 Å². The highest BCUT2D eigenvalue weighted by atomic mass is 35.5. The molecule has 0 saturated heterocycles. The number of aromatic hydroxyl groups is 1. The molecule has 0 aromatic heterocycles. The van der Waals surface area contributed by atoms with E-state index < -0.39 is 5.82 Å². The zero-order chi connectivity index (χ0) is 9.68. The van der Waals surface area contributed by atoms with Gasteiger partial charge in [-0.1, -0.05) is 11.8 Å². The highest BCUT2D eigenvalue weighted by molar-refractivity contribution is 6.18. The van der Waals surface area contributed by atoms with Crippen molar-refractivity contribution < 1.29 is 9.50 Å². The smallest absolute Gasteiger partial charge is 0.139 e. The minimum atomic E-state index is -0.431. The summed E-state index contributed by atoms with van der Waals surface area (Å²) in [6.45, 7) is 0. The number of halogens is 2. The van der Waals surface area contributed by atoms with Crippen molar-refractivity contribution in [2.24, 2.45) is 0 Å². The normalized spacial score (nSPS) is 9.08. The van der Waals surface area contributed by atoms with Crippen LogP contribution in [-0.4, -0.2) is 11.0 Å². The third-order valence-electron chi connectivity index (χ3n) is 1.39. The lowest BCUT2D eigenvalue weighted by molar-refractivity contribution is 0.472. The van der Waals surface area contributed by atoms with Gasteiger partial charge in [0.15, 0.2) is 0 Å². The maximum Gasteiger partial charge on any atom is 0.139 e. The molecule has 0 heterocycles. The average Bonchev–Trinajstić information content (AvgIpc) is 2.11. The van der Waals surface area contributed by atoms with E-state index in [9.17, 15) is 4.39 Å². The SMILES string of the molecule is Oc1ccc(F)c(C#CCCCl)c1. The van der Waals surface area contributed by atoms with Crippen LogP contribution >= 0.6 is 11.6 Å². The van der Waals surface area contributed by atoms with E-state index in [0.717, 1.165) is 0 Å². The first-order valence-electron chi connectivity index (χ1n) is 3.77. The van der Waals surface area contributed by atoms with Gasteiger partial charge in [-0.05, 0) is 18.2 Å². The van der Waals surface area contributed by atoms with Crippen LogP contribution in [-0.2, 0) is 0 Å². The van der Waals surface area contributed by atoms with Crippen molar-refractivity contribution in [2.45, 2.75) is 6.42 Å². The van der Waals surface area contributed by atoms with Crippen molar-refractivity contribution in [1.29, 1.82) is 0 Å². The van der Waals surface area contributed by atoms with E-state index in [4.69, 9.17) is 16.7 Å². The van der Waals surface area contributed by atoms with Gasteiger partial charge in [-0.3, -0.25) is 0 Å². The second-order valence-electron chi connectivity index (χ2n) is 2.40. The maximum atomic E-state index is 13.0. The van der Waals surface area contributed by atoms with E-state index in [1.165, 1.54) is 18.2 Å². The Morgan fingerprint density at radius 3 is 2.92 bits per heavy atom. The lowest BCUT2D eigenvalue weighted by Crippen LogP contribution is -1.82. The fourth-order valence-corrected chi connectivity index (χ4v) is 0.909. The average molecular weight is 199 g/mol. The first-order valence-corrected chi connectivity index (χ1v) is 4.31. The van der Waals surface area contributed by atoms with Crippen molar-refractivity contribution in [2.75, 3.05) is 5.88 Å². The van der Waals surface area contributed by atoms with Crippen LogP contribution in [0.25, 0.3) is 0 Å². The van der Waals surface area contributed by atoms with Gasteiger partial charge in [-0.2, -0.15) is 0 Å². The summed E-state index contributed by atoms with van der Waals surface area (Å²) >= 11 is 5.39. The number of hydrogen-bond donors (Lipinski definition) is 1. The van der Waals surface area contributed by atoms with E-state index >= 15 is 0 Å². The van der Waals surface area contributed by atoms with Crippen LogP contribution < -0.4 is 0 Å². The van der Waals surface area contributed by atoms with Gasteiger partial charge in [0, 0.05) is 12.3 Å². The van der Waals surface area contributed by atoms with Crippen molar-refractivity contribution in [3.8, 4) is 17.6 Å². The summed E-state index contributed by atoms with van der Waals surface area (Å²) in [4.78, 5) is 0. The topological polar surface area (TPSA) is 20.2 Å². The predicted octanol–water partition coefficient (Wildman–Crippen LogP) is 2.51. The van der Waals surface area contributed by atoms with Gasteiger partial charge in [-0.25, -0.2) is 4.39 Å². The Kier molecular flexibility index (Phi) is 3.60. The Hall–Kier alpha value is -1.20. The van der Waals surface area contributed by atoms with Crippen LogP contribution in [0.5, 0.6) is 5.75 Å². The summed E-state index contributed by atoms with van der Waals surface area (Å²) in [6, 6.07) is 3.75. The molecule has 0 saturated carbocycles. The second-order valence-corrected chi connectivity index (χ2v) is 2.78. The number of benzene rings is 1. The zero-order valence-corrected chi connectivity index (χ0v) is 7.61. The highest BCUT2D eigenvalue weighted by Crippen LogP contribution is 2.13. The van der Waals surface area contributed by atoms with Crippen molar-refractivity contribution in [1.82, 2.24) is 0 Å². The molecule has 0 bridgehead atoms. The van der Waals surface area contributed by atoms with Gasteiger partial charge < -0.3 is 5.11 Å². The molecule has 0 fully saturated rings. The summed E-state index contributed by atoms with van der Waals surface area (Å²) < 4.78 is 13.0. The molecule has 0 aliphatic heterocycles. The van der Waals surface area contributed by atoms with Crippen molar-refractivity contribution in [3.63, 3.8) is 0 Å². The number of alkyl halides is 1. The first-order chi connectivity index (χ1) is 6.24. The Balaban J connectivity index is 2.89. The Morgan fingerprint density at radius 2 is 2.23 bits per heavy atom. The molecule has 0 aliphatic rings. The third kappa shape index (κ3) is 2.96. The molecule has 1 N–H and O–H groups in total. The van der Waals surface area contributed by atoms with Gasteiger partial charge in [0.25, 0.3) is 0 Å². The van der Waals surface area contributed by atoms with Gasteiger partial charge >= 0.3 is 0 Å². The van der Waals surface area contributed by atoms with Crippen LogP contribution in [0.15, 0.2) is 18.2 Å². The molecule has 0 spiro atoms. The van der Waals surface area contributed by atoms with Gasteiger partial charge in [0.05, 0.1) is 5.56 Å². The molecule has 0 unspecified atom stereocenters. The van der Waals surface area contributed by atoms with Gasteiger partial charge in [-0.15, -0.1) is 11.6 Å². The Morgan fingerprint density at radius 1 is 1.46 bits per heavy atom. The fraction of sp³-hybridized carbons (Fsp3) is 0.200. The molecule has 68 valence electrons. The zero-order valence-electron chi connectivity index (χ0n) is 6.85. The van der Waals surface area contributed by atoms with Crippen LogP contribution in [0.2, 0.25) is 0 Å². The molecule has 1 aromatic rings. The summed E-state index contributed by atoms with van der Waals surface area (Å²) in [5.41, 5.74) is 0.199.